The number of carbonyl (C=O) groups is 5. The number of aryl methyl sites for hydroxylation is 1. The number of urea groups is 1. The Labute approximate surface area is 220 Å². The molecule has 0 bridgehead atoms. The standard InChI is InChI=1S/C25H22ClN5O5S/c1-11-15(26)6-7-16-19(11)37-23(28-16)25(2,3)30-24(36)27-12-4-5-13-14(10-12)22(35)31(21(13)34)17-8-9-18(32)29-20(17)33/h4-7,10,17H,8-9H2,1-3H3,(H2,27,30,36)(H,29,32,33). The van der Waals surface area contributed by atoms with Crippen LogP contribution in [0.5, 0.6) is 0 Å². The Bertz CT molecular complexity index is 1530. The molecule has 10 nitrogen and oxygen atoms in total. The highest BCUT2D eigenvalue weighted by Gasteiger charge is 2.44. The maximum atomic E-state index is 13.0. The zero-order chi connectivity index (χ0) is 26.6. The first kappa shape index (κ1) is 24.8. The molecule has 3 aromatic rings. The molecule has 0 saturated carbocycles. The zero-order valence-electron chi connectivity index (χ0n) is 20.1. The molecular weight excluding hydrogens is 518 g/mol. The SMILES string of the molecule is Cc1c(Cl)ccc2nc(C(C)(C)NC(=O)Nc3ccc4c(c3)C(=O)N(C3CCC(=O)NC3=O)C4=O)sc12. The van der Waals surface area contributed by atoms with Crippen LogP contribution in [0.15, 0.2) is 30.3 Å². The van der Waals surface area contributed by atoms with Crippen LogP contribution in [0.25, 0.3) is 10.2 Å². The lowest BCUT2D eigenvalue weighted by molar-refractivity contribution is -0.136. The van der Waals surface area contributed by atoms with Crippen molar-refractivity contribution >= 4 is 68.5 Å². The van der Waals surface area contributed by atoms with Crippen molar-refractivity contribution in [3.05, 3.63) is 57.1 Å². The normalized spacial score (nSPS) is 17.7. The molecule has 2 aliphatic rings. The van der Waals surface area contributed by atoms with Gasteiger partial charge in [-0.05, 0) is 63.1 Å². The van der Waals surface area contributed by atoms with Gasteiger partial charge in [-0.25, -0.2) is 9.78 Å². The van der Waals surface area contributed by atoms with E-state index in [1.807, 2.05) is 26.8 Å². The molecule has 3 N–H and O–H groups in total. The molecule has 1 aromatic heterocycles. The average Bonchev–Trinajstić information content (AvgIpc) is 3.37. The number of hydrogen-bond donors (Lipinski definition) is 3. The first-order valence-electron chi connectivity index (χ1n) is 11.5. The van der Waals surface area contributed by atoms with Gasteiger partial charge in [0.05, 0.1) is 26.9 Å². The van der Waals surface area contributed by atoms with Gasteiger partial charge in [-0.2, -0.15) is 0 Å². The average molecular weight is 540 g/mol. The number of anilines is 1. The third kappa shape index (κ3) is 4.34. The Morgan fingerprint density at radius 2 is 1.86 bits per heavy atom. The fourth-order valence-electron chi connectivity index (χ4n) is 4.41. The molecule has 2 aliphatic heterocycles. The number of nitrogens with zero attached hydrogens (tertiary/aromatic N) is 2. The van der Waals surface area contributed by atoms with Crippen LogP contribution >= 0.6 is 22.9 Å². The first-order valence-corrected chi connectivity index (χ1v) is 12.7. The molecule has 3 heterocycles. The van der Waals surface area contributed by atoms with Crippen molar-refractivity contribution in [3.8, 4) is 0 Å². The van der Waals surface area contributed by atoms with Crippen molar-refractivity contribution in [1.82, 2.24) is 20.5 Å². The number of rotatable bonds is 4. The van der Waals surface area contributed by atoms with E-state index in [4.69, 9.17) is 11.6 Å². The van der Waals surface area contributed by atoms with Crippen LogP contribution in [0.2, 0.25) is 5.02 Å². The van der Waals surface area contributed by atoms with Crippen LogP contribution in [-0.2, 0) is 15.1 Å². The molecule has 1 saturated heterocycles. The Kier molecular flexibility index (Phi) is 5.99. The Hall–Kier alpha value is -3.83. The van der Waals surface area contributed by atoms with Crippen molar-refractivity contribution in [2.24, 2.45) is 0 Å². The Morgan fingerprint density at radius 3 is 2.59 bits per heavy atom. The number of imide groups is 2. The van der Waals surface area contributed by atoms with E-state index in [9.17, 15) is 24.0 Å². The van der Waals surface area contributed by atoms with E-state index >= 15 is 0 Å². The molecule has 190 valence electrons. The second-order valence-corrected chi connectivity index (χ2v) is 10.9. The number of thiazole rings is 1. The molecule has 0 radical (unpaired) electrons. The third-order valence-electron chi connectivity index (χ3n) is 6.40. The van der Waals surface area contributed by atoms with Gasteiger partial charge in [-0.15, -0.1) is 11.3 Å². The van der Waals surface area contributed by atoms with Crippen LogP contribution in [0.3, 0.4) is 0 Å². The number of hydrogen-bond acceptors (Lipinski definition) is 7. The van der Waals surface area contributed by atoms with Gasteiger partial charge < -0.3 is 10.6 Å². The molecule has 1 atom stereocenters. The van der Waals surface area contributed by atoms with E-state index in [0.29, 0.717) is 15.7 Å². The predicted octanol–water partition coefficient (Wildman–Crippen LogP) is 3.72. The van der Waals surface area contributed by atoms with Gasteiger partial charge in [-0.1, -0.05) is 11.6 Å². The van der Waals surface area contributed by atoms with Gasteiger partial charge in [0, 0.05) is 17.1 Å². The fraction of sp³-hybridized carbons (Fsp3) is 0.280. The van der Waals surface area contributed by atoms with Crippen LogP contribution in [0.4, 0.5) is 10.5 Å². The summed E-state index contributed by atoms with van der Waals surface area (Å²) in [4.78, 5) is 67.9. The second-order valence-electron chi connectivity index (χ2n) is 9.45. The van der Waals surface area contributed by atoms with E-state index in [2.05, 4.69) is 20.9 Å². The van der Waals surface area contributed by atoms with Gasteiger partial charge in [0.25, 0.3) is 11.8 Å². The quantitative estimate of drug-likeness (QED) is 0.432. The summed E-state index contributed by atoms with van der Waals surface area (Å²) < 4.78 is 0.945. The van der Waals surface area contributed by atoms with Crippen molar-refractivity contribution in [1.29, 1.82) is 0 Å². The minimum absolute atomic E-state index is 0.0356. The summed E-state index contributed by atoms with van der Waals surface area (Å²) in [6.45, 7) is 5.56. The van der Waals surface area contributed by atoms with Crippen LogP contribution in [0.1, 0.15) is 58.0 Å². The second kappa shape index (κ2) is 8.93. The van der Waals surface area contributed by atoms with E-state index in [1.165, 1.54) is 29.5 Å². The Balaban J connectivity index is 1.32. The molecule has 1 unspecified atom stereocenters. The summed E-state index contributed by atoms with van der Waals surface area (Å²) >= 11 is 7.67. The highest BCUT2D eigenvalue weighted by atomic mass is 35.5. The van der Waals surface area contributed by atoms with Gasteiger partial charge >= 0.3 is 6.03 Å². The molecular formula is C25H22ClN5O5S. The summed E-state index contributed by atoms with van der Waals surface area (Å²) in [6.07, 6.45) is 0.101. The smallest absolute Gasteiger partial charge is 0.319 e. The van der Waals surface area contributed by atoms with Crippen molar-refractivity contribution in [3.63, 3.8) is 0 Å². The molecule has 0 spiro atoms. The number of piperidine rings is 1. The molecule has 6 amide bonds. The highest BCUT2D eigenvalue weighted by molar-refractivity contribution is 7.19. The van der Waals surface area contributed by atoms with Crippen LogP contribution in [-0.4, -0.2) is 45.6 Å². The number of fused-ring (bicyclic) bond motifs is 2. The zero-order valence-corrected chi connectivity index (χ0v) is 21.7. The number of halogens is 1. The van der Waals surface area contributed by atoms with E-state index in [1.54, 1.807) is 6.07 Å². The summed E-state index contributed by atoms with van der Waals surface area (Å²) in [6, 6.07) is 6.38. The van der Waals surface area contributed by atoms with Gasteiger partial charge in [0.2, 0.25) is 11.8 Å². The van der Waals surface area contributed by atoms with E-state index in [-0.39, 0.29) is 24.0 Å². The van der Waals surface area contributed by atoms with Crippen molar-refractivity contribution in [2.75, 3.05) is 5.32 Å². The topological polar surface area (TPSA) is 138 Å². The first-order chi connectivity index (χ1) is 17.5. The molecule has 12 heteroatoms. The lowest BCUT2D eigenvalue weighted by Crippen LogP contribution is -2.54. The summed E-state index contributed by atoms with van der Waals surface area (Å²) in [5, 5.41) is 9.09. The van der Waals surface area contributed by atoms with Crippen LogP contribution < -0.4 is 16.0 Å². The molecule has 37 heavy (non-hydrogen) atoms. The lowest BCUT2D eigenvalue weighted by atomic mass is 10.0. The number of benzene rings is 2. The largest absolute Gasteiger partial charge is 0.326 e. The minimum Gasteiger partial charge on any atom is -0.326 e. The van der Waals surface area contributed by atoms with Crippen LogP contribution in [0, 0.1) is 6.92 Å². The number of aromatic nitrogens is 1. The van der Waals surface area contributed by atoms with E-state index < -0.39 is 41.2 Å². The molecule has 5 rings (SSSR count). The number of amides is 6. The van der Waals surface area contributed by atoms with Crippen molar-refractivity contribution in [2.45, 2.75) is 45.2 Å². The van der Waals surface area contributed by atoms with Gasteiger partial charge in [0.1, 0.15) is 11.0 Å². The van der Waals surface area contributed by atoms with Gasteiger partial charge in [-0.3, -0.25) is 29.4 Å². The third-order valence-corrected chi connectivity index (χ3v) is 8.32. The Morgan fingerprint density at radius 1 is 1.14 bits per heavy atom. The molecule has 1 fully saturated rings. The maximum absolute atomic E-state index is 13.0. The van der Waals surface area contributed by atoms with E-state index in [0.717, 1.165) is 20.7 Å². The number of nitrogens with one attached hydrogen (secondary N) is 3. The minimum atomic E-state index is -1.06. The van der Waals surface area contributed by atoms with Gasteiger partial charge in [0.15, 0.2) is 0 Å². The fourth-order valence-corrected chi connectivity index (χ4v) is 5.75. The number of carbonyl (C=O) groups excluding carboxylic acids is 5. The van der Waals surface area contributed by atoms with Crippen molar-refractivity contribution < 1.29 is 24.0 Å². The predicted molar refractivity (Wildman–Crippen MR) is 138 cm³/mol. The molecule has 0 aliphatic carbocycles. The lowest BCUT2D eigenvalue weighted by Gasteiger charge is -2.27. The summed E-state index contributed by atoms with van der Waals surface area (Å²) in [7, 11) is 0. The highest BCUT2D eigenvalue weighted by Crippen LogP contribution is 2.35. The summed E-state index contributed by atoms with van der Waals surface area (Å²) in [5.41, 5.74) is 1.39. The summed E-state index contributed by atoms with van der Waals surface area (Å²) in [5.74, 6) is -2.39. The monoisotopic (exact) mass is 539 g/mol. The molecule has 2 aromatic carbocycles. The maximum Gasteiger partial charge on any atom is 0.319 e.